The minimum Gasteiger partial charge on any atom is -0.493 e. The van der Waals surface area contributed by atoms with E-state index in [0.717, 1.165) is 5.69 Å². The number of aromatic amines is 1. The summed E-state index contributed by atoms with van der Waals surface area (Å²) < 4.78 is 26.7. The molecule has 0 unspecified atom stereocenters. The monoisotopic (exact) mass is 468 g/mol. The number of methoxy groups -OCH3 is 4. The molecule has 11 nitrogen and oxygen atoms in total. The molecule has 3 aromatic rings. The molecule has 0 aliphatic rings. The number of carbonyl (C=O) groups excluding carboxylic acids is 2. The van der Waals surface area contributed by atoms with Crippen LogP contribution in [0.4, 0.5) is 0 Å². The minimum atomic E-state index is -0.652. The zero-order valence-electron chi connectivity index (χ0n) is 19.3. The van der Waals surface area contributed by atoms with E-state index in [2.05, 4.69) is 20.7 Å². The number of esters is 1. The van der Waals surface area contributed by atoms with Gasteiger partial charge in [-0.3, -0.25) is 9.89 Å². The quantitative estimate of drug-likeness (QED) is 0.212. The lowest BCUT2D eigenvalue weighted by molar-refractivity contribution is 0.0728. The van der Waals surface area contributed by atoms with E-state index < -0.39 is 11.9 Å². The molecule has 2 N–H and O–H groups in total. The van der Waals surface area contributed by atoms with Crippen molar-refractivity contribution in [3.63, 3.8) is 0 Å². The van der Waals surface area contributed by atoms with Crippen molar-refractivity contribution in [3.05, 3.63) is 58.9 Å². The van der Waals surface area contributed by atoms with Crippen LogP contribution >= 0.6 is 0 Å². The van der Waals surface area contributed by atoms with Gasteiger partial charge in [-0.05, 0) is 48.9 Å². The number of aryl methyl sites for hydroxylation is 1. The smallest absolute Gasteiger partial charge is 0.343 e. The summed E-state index contributed by atoms with van der Waals surface area (Å²) >= 11 is 0. The minimum absolute atomic E-state index is 0.189. The van der Waals surface area contributed by atoms with E-state index in [9.17, 15) is 9.59 Å². The van der Waals surface area contributed by atoms with E-state index in [4.69, 9.17) is 23.7 Å². The number of amides is 1. The van der Waals surface area contributed by atoms with Gasteiger partial charge in [0, 0.05) is 5.69 Å². The molecular weight excluding hydrogens is 444 g/mol. The van der Waals surface area contributed by atoms with E-state index in [1.54, 1.807) is 31.2 Å². The highest BCUT2D eigenvalue weighted by Gasteiger charge is 2.19. The van der Waals surface area contributed by atoms with Crippen molar-refractivity contribution in [1.82, 2.24) is 15.6 Å². The number of hydrogen-bond acceptors (Lipinski definition) is 9. The molecule has 0 aliphatic carbocycles. The summed E-state index contributed by atoms with van der Waals surface area (Å²) in [5, 5.41) is 10.5. The van der Waals surface area contributed by atoms with Crippen molar-refractivity contribution in [2.24, 2.45) is 5.10 Å². The van der Waals surface area contributed by atoms with Gasteiger partial charge in [-0.2, -0.15) is 10.2 Å². The second kappa shape index (κ2) is 10.9. The number of H-pyrrole nitrogens is 1. The lowest BCUT2D eigenvalue weighted by Gasteiger charge is -2.14. The number of hydrogen-bond donors (Lipinski definition) is 2. The van der Waals surface area contributed by atoms with Gasteiger partial charge in [0.2, 0.25) is 5.75 Å². The molecule has 0 fully saturated rings. The Hall–Kier alpha value is -4.54. The third-order valence-electron chi connectivity index (χ3n) is 4.61. The Morgan fingerprint density at radius 1 is 0.912 bits per heavy atom. The zero-order chi connectivity index (χ0) is 24.7. The van der Waals surface area contributed by atoms with E-state index in [0.29, 0.717) is 28.6 Å². The Balaban J connectivity index is 1.74. The maximum Gasteiger partial charge on any atom is 0.343 e. The number of benzene rings is 2. The molecule has 0 saturated carbocycles. The second-order valence-electron chi connectivity index (χ2n) is 6.85. The Labute approximate surface area is 195 Å². The second-order valence-corrected chi connectivity index (χ2v) is 6.85. The van der Waals surface area contributed by atoms with E-state index >= 15 is 0 Å². The molecule has 0 saturated heterocycles. The Morgan fingerprint density at radius 3 is 2.15 bits per heavy atom. The number of hydrazone groups is 1. The molecule has 0 radical (unpaired) electrons. The summed E-state index contributed by atoms with van der Waals surface area (Å²) in [6, 6.07) is 9.38. The summed E-state index contributed by atoms with van der Waals surface area (Å²) in [4.78, 5) is 24.8. The molecule has 0 spiro atoms. The van der Waals surface area contributed by atoms with Gasteiger partial charge >= 0.3 is 5.97 Å². The number of ether oxygens (including phenoxy) is 5. The van der Waals surface area contributed by atoms with Crippen molar-refractivity contribution >= 4 is 18.1 Å². The Bertz CT molecular complexity index is 1190. The summed E-state index contributed by atoms with van der Waals surface area (Å²) in [6.45, 7) is 1.79. The standard InChI is InChI=1S/C23H24N4O7/c1-13-8-16(26-25-13)22(28)27-24-12-14-6-7-17(18(9-14)30-2)34-23(29)15-10-19(31-3)21(33-5)20(11-15)32-4/h6-12H,1-5H3,(H,25,26)(H,27,28)/b24-12+. The molecule has 178 valence electrons. The van der Waals surface area contributed by atoms with E-state index in [1.807, 2.05) is 0 Å². The normalized spacial score (nSPS) is 10.6. The average molecular weight is 468 g/mol. The summed E-state index contributed by atoms with van der Waals surface area (Å²) in [7, 11) is 5.81. The van der Waals surface area contributed by atoms with Crippen molar-refractivity contribution in [2.75, 3.05) is 28.4 Å². The maximum atomic E-state index is 12.8. The molecule has 0 aliphatic heterocycles. The first-order valence-corrected chi connectivity index (χ1v) is 9.95. The van der Waals surface area contributed by atoms with Crippen LogP contribution in [-0.4, -0.2) is 56.7 Å². The lowest BCUT2D eigenvalue weighted by Crippen LogP contribution is -2.18. The van der Waals surface area contributed by atoms with Crippen LogP contribution in [0.3, 0.4) is 0 Å². The number of carbonyl (C=O) groups is 2. The highest BCUT2D eigenvalue weighted by molar-refractivity contribution is 5.94. The molecule has 3 rings (SSSR count). The van der Waals surface area contributed by atoms with Crippen LogP contribution in [0, 0.1) is 6.92 Å². The van der Waals surface area contributed by atoms with Gasteiger partial charge in [-0.1, -0.05) is 0 Å². The van der Waals surface area contributed by atoms with Crippen molar-refractivity contribution < 1.29 is 33.3 Å². The largest absolute Gasteiger partial charge is 0.493 e. The van der Waals surface area contributed by atoms with Gasteiger partial charge < -0.3 is 23.7 Å². The highest BCUT2D eigenvalue weighted by Crippen LogP contribution is 2.38. The fraction of sp³-hybridized carbons (Fsp3) is 0.217. The SMILES string of the molecule is COc1cc(/C=N/NC(=O)c2cc(C)[nH]n2)ccc1OC(=O)c1cc(OC)c(OC)c(OC)c1. The van der Waals surface area contributed by atoms with Crippen LogP contribution in [0.5, 0.6) is 28.7 Å². The zero-order valence-corrected chi connectivity index (χ0v) is 19.3. The topological polar surface area (TPSA) is 133 Å². The van der Waals surface area contributed by atoms with E-state index in [-0.39, 0.29) is 17.0 Å². The molecule has 11 heteroatoms. The van der Waals surface area contributed by atoms with Gasteiger partial charge in [0.05, 0.1) is 40.2 Å². The Morgan fingerprint density at radius 2 is 1.59 bits per heavy atom. The molecule has 34 heavy (non-hydrogen) atoms. The average Bonchev–Trinajstić information content (AvgIpc) is 3.29. The molecular formula is C23H24N4O7. The molecule has 1 heterocycles. The fourth-order valence-corrected chi connectivity index (χ4v) is 2.96. The van der Waals surface area contributed by atoms with Crippen LogP contribution in [0.25, 0.3) is 0 Å². The van der Waals surface area contributed by atoms with Crippen LogP contribution in [0.2, 0.25) is 0 Å². The fourth-order valence-electron chi connectivity index (χ4n) is 2.96. The van der Waals surface area contributed by atoms with E-state index in [1.165, 1.54) is 46.8 Å². The summed E-state index contributed by atoms with van der Waals surface area (Å²) in [5.41, 5.74) is 4.16. The third-order valence-corrected chi connectivity index (χ3v) is 4.61. The molecule has 1 aromatic heterocycles. The maximum absolute atomic E-state index is 12.8. The van der Waals surface area contributed by atoms with Crippen LogP contribution in [-0.2, 0) is 0 Å². The molecule has 0 atom stereocenters. The number of aromatic nitrogens is 2. The van der Waals surface area contributed by atoms with Crippen LogP contribution < -0.4 is 29.1 Å². The molecule has 2 aromatic carbocycles. The van der Waals surface area contributed by atoms with Gasteiger partial charge in [-0.15, -0.1) is 0 Å². The first-order chi connectivity index (χ1) is 16.4. The number of rotatable bonds is 9. The number of nitrogens with zero attached hydrogens (tertiary/aromatic N) is 2. The van der Waals surface area contributed by atoms with Gasteiger partial charge in [-0.25, -0.2) is 10.2 Å². The summed E-state index contributed by atoms with van der Waals surface area (Å²) in [6.07, 6.45) is 1.42. The first-order valence-electron chi connectivity index (χ1n) is 9.95. The predicted molar refractivity (Wildman–Crippen MR) is 122 cm³/mol. The van der Waals surface area contributed by atoms with Crippen molar-refractivity contribution in [2.45, 2.75) is 6.92 Å². The van der Waals surface area contributed by atoms with Gasteiger partial charge in [0.1, 0.15) is 0 Å². The molecule has 0 bridgehead atoms. The van der Waals surface area contributed by atoms with Gasteiger partial charge in [0.15, 0.2) is 28.7 Å². The third kappa shape index (κ3) is 5.44. The van der Waals surface area contributed by atoms with Crippen molar-refractivity contribution in [3.8, 4) is 28.7 Å². The van der Waals surface area contributed by atoms with Gasteiger partial charge in [0.25, 0.3) is 5.91 Å². The number of nitrogens with one attached hydrogen (secondary N) is 2. The van der Waals surface area contributed by atoms with Crippen LogP contribution in [0.1, 0.15) is 32.1 Å². The molecule has 1 amide bonds. The first kappa shape index (κ1) is 24.1. The lowest BCUT2D eigenvalue weighted by atomic mass is 10.1. The Kier molecular flexibility index (Phi) is 7.70. The summed E-state index contributed by atoms with van der Waals surface area (Å²) in [5.74, 6) is 0.369. The van der Waals surface area contributed by atoms with Crippen molar-refractivity contribution in [1.29, 1.82) is 0 Å². The highest BCUT2D eigenvalue weighted by atomic mass is 16.6. The predicted octanol–water partition coefficient (Wildman–Crippen LogP) is 2.74. The van der Waals surface area contributed by atoms with Crippen LogP contribution in [0.15, 0.2) is 41.5 Å².